The van der Waals surface area contributed by atoms with Gasteiger partial charge in [0, 0.05) is 0 Å². The minimum atomic E-state index is 0.634. The second-order valence-corrected chi connectivity index (χ2v) is 1.05. The Labute approximate surface area is 33.1 Å². The normalized spacial score (nSPS) is 12.7. The van der Waals surface area contributed by atoms with Crippen LogP contribution in [0.15, 0.2) is 0 Å². The standard InChI is InChI=1S/C2HN3O/c3-1-2(6-1)4-5-3/h(H,3,4,5). The van der Waals surface area contributed by atoms with Crippen LogP contribution in [0.4, 0.5) is 0 Å². The number of nitrogens with one attached hydrogen (secondary N) is 1. The number of hydrogen-bond donors (Lipinski definition) is 1. The van der Waals surface area contributed by atoms with Gasteiger partial charge in [-0.25, -0.2) is 5.10 Å². The minimum absolute atomic E-state index is 0.634. The van der Waals surface area contributed by atoms with Crippen LogP contribution in [0, 0.1) is 0 Å². The zero-order chi connectivity index (χ0) is 3.98. The molecule has 4 nitrogen and oxygen atoms in total. The number of hydrogen-bond acceptors (Lipinski definition) is 3. The number of rotatable bonds is 0. The third-order valence-corrected chi connectivity index (χ3v) is 0.644. The molecule has 30 valence electrons. The summed E-state index contributed by atoms with van der Waals surface area (Å²) in [5.41, 5.74) is 0. The second kappa shape index (κ2) is 0.426. The lowest BCUT2D eigenvalue weighted by Crippen LogP contribution is -1.72. The molecule has 0 atom stereocenters. The van der Waals surface area contributed by atoms with E-state index >= 15 is 0 Å². The van der Waals surface area contributed by atoms with Crippen molar-refractivity contribution in [3.63, 3.8) is 0 Å². The van der Waals surface area contributed by atoms with Gasteiger partial charge < -0.3 is 4.74 Å². The van der Waals surface area contributed by atoms with Gasteiger partial charge in [0.05, 0.1) is 0 Å². The summed E-state index contributed by atoms with van der Waals surface area (Å²) in [6.45, 7) is 0. The summed E-state index contributed by atoms with van der Waals surface area (Å²) in [6.07, 6.45) is 0. The highest BCUT2D eigenvalue weighted by Gasteiger charge is 2.24. The molecule has 1 aromatic rings. The molecule has 0 amide bonds. The molecule has 0 unspecified atom stereocenters. The summed E-state index contributed by atoms with van der Waals surface area (Å²) in [6, 6.07) is 0. The highest BCUT2D eigenvalue weighted by Crippen LogP contribution is 2.38. The lowest BCUT2D eigenvalue weighted by Gasteiger charge is -1.62. The monoisotopic (exact) mass is 83.0 g/mol. The number of nitrogens with zero attached hydrogens (tertiary/aromatic N) is 2. The Balaban J connectivity index is 2.88. The molecule has 0 saturated heterocycles. The molecule has 1 aliphatic rings. The van der Waals surface area contributed by atoms with E-state index in [9.17, 15) is 0 Å². The van der Waals surface area contributed by atoms with E-state index in [1.807, 2.05) is 0 Å². The van der Waals surface area contributed by atoms with Gasteiger partial charge in [0.1, 0.15) is 0 Å². The van der Waals surface area contributed by atoms with Gasteiger partial charge in [-0.3, -0.25) is 0 Å². The number of ether oxygens (including phenoxy) is 1. The van der Waals surface area contributed by atoms with E-state index < -0.39 is 0 Å². The quantitative estimate of drug-likeness (QED) is 0.453. The largest absolute Gasteiger partial charge is 0.410 e. The van der Waals surface area contributed by atoms with Crippen LogP contribution in [0.1, 0.15) is 0 Å². The van der Waals surface area contributed by atoms with Gasteiger partial charge in [-0.15, -0.1) is 0 Å². The minimum Gasteiger partial charge on any atom is -0.410 e. The molecule has 2 heterocycles. The Morgan fingerprint density at radius 2 is 2.67 bits per heavy atom. The highest BCUT2D eigenvalue weighted by molar-refractivity contribution is 5.39. The molecule has 4 heteroatoms. The van der Waals surface area contributed by atoms with Crippen molar-refractivity contribution in [2.45, 2.75) is 0 Å². The van der Waals surface area contributed by atoms with Crippen LogP contribution >= 0.6 is 0 Å². The Kier molecular flexibility index (Phi) is 0.154. The SMILES string of the molecule is n1nc2c([nH]1)O2. The summed E-state index contributed by atoms with van der Waals surface area (Å²) in [4.78, 5) is 0. The van der Waals surface area contributed by atoms with Crippen molar-refractivity contribution in [3.05, 3.63) is 0 Å². The van der Waals surface area contributed by atoms with Crippen LogP contribution in [0.2, 0.25) is 0 Å². The van der Waals surface area contributed by atoms with Crippen molar-refractivity contribution in [1.29, 1.82) is 0 Å². The molecule has 2 rings (SSSR count). The smallest absolute Gasteiger partial charge is 0.305 e. The molecule has 1 aromatic heterocycles. The summed E-state index contributed by atoms with van der Waals surface area (Å²) < 4.78 is 4.61. The predicted molar refractivity (Wildman–Crippen MR) is 16.5 cm³/mol. The van der Waals surface area contributed by atoms with Gasteiger partial charge in [-0.1, -0.05) is 10.3 Å². The summed E-state index contributed by atoms with van der Waals surface area (Å²) in [5, 5.41) is 9.38. The fourth-order valence-electron chi connectivity index (χ4n) is 0.323. The molecule has 1 aliphatic heterocycles. The van der Waals surface area contributed by atoms with Crippen LogP contribution in [0.3, 0.4) is 0 Å². The second-order valence-electron chi connectivity index (χ2n) is 1.05. The Morgan fingerprint density at radius 1 is 1.67 bits per heavy atom. The molecule has 0 spiro atoms. The van der Waals surface area contributed by atoms with Gasteiger partial charge >= 0.3 is 5.88 Å². The first-order valence-corrected chi connectivity index (χ1v) is 1.56. The topological polar surface area (TPSA) is 54.1 Å². The third kappa shape index (κ3) is 0.0925. The molecule has 0 fully saturated rings. The zero-order valence-electron chi connectivity index (χ0n) is 2.80. The third-order valence-electron chi connectivity index (χ3n) is 0.644. The van der Waals surface area contributed by atoms with Crippen molar-refractivity contribution >= 4 is 0 Å². The fraction of sp³-hybridized carbons (Fsp3) is 0. The molecule has 1 N–H and O–H groups in total. The lowest BCUT2D eigenvalue weighted by molar-refractivity contribution is 0.572. The first kappa shape index (κ1) is 2.17. The summed E-state index contributed by atoms with van der Waals surface area (Å²) in [7, 11) is 0. The first-order valence-electron chi connectivity index (χ1n) is 1.56. The van der Waals surface area contributed by atoms with E-state index in [0.717, 1.165) is 0 Å². The van der Waals surface area contributed by atoms with Crippen molar-refractivity contribution < 1.29 is 4.74 Å². The van der Waals surface area contributed by atoms with E-state index in [0.29, 0.717) is 11.8 Å². The van der Waals surface area contributed by atoms with Crippen molar-refractivity contribution in [2.24, 2.45) is 0 Å². The maximum absolute atomic E-state index is 4.61. The summed E-state index contributed by atoms with van der Waals surface area (Å²) >= 11 is 0. The Bertz CT molecular complexity index is 153. The van der Waals surface area contributed by atoms with Gasteiger partial charge in [-0.2, -0.15) is 0 Å². The van der Waals surface area contributed by atoms with E-state index in [1.54, 1.807) is 0 Å². The molecule has 6 heavy (non-hydrogen) atoms. The van der Waals surface area contributed by atoms with Gasteiger partial charge in [0.2, 0.25) is 0 Å². The maximum atomic E-state index is 4.61. The molecule has 0 aromatic carbocycles. The molecular formula is C2HN3O. The molecular weight excluding hydrogens is 82.0 g/mol. The van der Waals surface area contributed by atoms with Crippen molar-refractivity contribution in [2.75, 3.05) is 0 Å². The highest BCUT2D eigenvalue weighted by atomic mass is 16.6. The van der Waals surface area contributed by atoms with Gasteiger partial charge in [0.25, 0.3) is 5.88 Å². The molecule has 0 aliphatic carbocycles. The van der Waals surface area contributed by atoms with Crippen LogP contribution in [-0.2, 0) is 0 Å². The van der Waals surface area contributed by atoms with Crippen LogP contribution in [0.5, 0.6) is 11.8 Å². The molecule has 0 radical (unpaired) electrons. The van der Waals surface area contributed by atoms with Crippen LogP contribution in [-0.4, -0.2) is 15.4 Å². The number of aromatic nitrogens is 3. The van der Waals surface area contributed by atoms with E-state index in [4.69, 9.17) is 0 Å². The van der Waals surface area contributed by atoms with Crippen LogP contribution in [0.25, 0.3) is 0 Å². The van der Waals surface area contributed by atoms with E-state index in [2.05, 4.69) is 20.1 Å². The average Bonchev–Trinajstić information content (AvgIpc) is 2.17. The zero-order valence-corrected chi connectivity index (χ0v) is 2.80. The Morgan fingerprint density at radius 3 is 2.83 bits per heavy atom. The van der Waals surface area contributed by atoms with E-state index in [-0.39, 0.29) is 0 Å². The van der Waals surface area contributed by atoms with Crippen LogP contribution < -0.4 is 4.74 Å². The first-order chi connectivity index (χ1) is 2.97. The lowest BCUT2D eigenvalue weighted by atomic mass is 11.0. The number of aromatic amines is 1. The fourth-order valence-corrected chi connectivity index (χ4v) is 0.323. The maximum Gasteiger partial charge on any atom is 0.305 e. The summed E-state index contributed by atoms with van der Waals surface area (Å²) in [5.74, 6) is 1.34. The van der Waals surface area contributed by atoms with Gasteiger partial charge in [-0.05, 0) is 0 Å². The van der Waals surface area contributed by atoms with Crippen molar-refractivity contribution in [1.82, 2.24) is 15.4 Å². The number of fused-ring (bicyclic) bond motifs is 1. The molecule has 0 bridgehead atoms. The predicted octanol–water partition coefficient (Wildman–Crippen LogP) is -0.0896. The van der Waals surface area contributed by atoms with E-state index in [1.165, 1.54) is 0 Å². The van der Waals surface area contributed by atoms with Gasteiger partial charge in [0.15, 0.2) is 0 Å². The Hall–Kier alpha value is -1.06. The molecule has 0 saturated carbocycles. The average molecular weight is 83.0 g/mol. The van der Waals surface area contributed by atoms with Crippen molar-refractivity contribution in [3.8, 4) is 11.8 Å². The number of H-pyrrole nitrogens is 1.